The molecule has 2 aliphatic rings. The quantitative estimate of drug-likeness (QED) is 0.840. The Morgan fingerprint density at radius 3 is 2.94 bits per heavy atom. The van der Waals surface area contributed by atoms with E-state index < -0.39 is 0 Å². The number of hydrogen-bond donors (Lipinski definition) is 1. The van der Waals surface area contributed by atoms with E-state index in [1.54, 1.807) is 0 Å². The lowest BCUT2D eigenvalue weighted by atomic mass is 10.1. The zero-order valence-electron chi connectivity index (χ0n) is 9.75. The van der Waals surface area contributed by atoms with Crippen molar-refractivity contribution in [3.8, 4) is 0 Å². The van der Waals surface area contributed by atoms with Crippen molar-refractivity contribution in [1.29, 1.82) is 0 Å². The SMILES string of the molecule is Brc1ccc2c(c1)=C(CN1CCNCC1)CN=2. The Balaban J connectivity index is 1.88. The van der Waals surface area contributed by atoms with E-state index in [0.717, 1.165) is 49.1 Å². The zero-order valence-corrected chi connectivity index (χ0v) is 11.3. The summed E-state index contributed by atoms with van der Waals surface area (Å²) in [6.07, 6.45) is 0. The molecule has 0 radical (unpaired) electrons. The Morgan fingerprint density at radius 1 is 1.29 bits per heavy atom. The number of benzene rings is 1. The molecule has 2 heterocycles. The van der Waals surface area contributed by atoms with Crippen molar-refractivity contribution in [2.24, 2.45) is 4.99 Å². The van der Waals surface area contributed by atoms with Gasteiger partial charge in [-0.05, 0) is 23.8 Å². The van der Waals surface area contributed by atoms with Crippen LogP contribution in [0.4, 0.5) is 0 Å². The maximum Gasteiger partial charge on any atom is 0.0652 e. The van der Waals surface area contributed by atoms with E-state index in [2.05, 4.69) is 49.3 Å². The molecule has 0 atom stereocenters. The van der Waals surface area contributed by atoms with Gasteiger partial charge in [-0.3, -0.25) is 9.89 Å². The minimum atomic E-state index is 0.871. The van der Waals surface area contributed by atoms with Crippen molar-refractivity contribution >= 4 is 21.5 Å². The average Bonchev–Trinajstić information content (AvgIpc) is 2.73. The number of piperazine rings is 1. The van der Waals surface area contributed by atoms with E-state index in [0.29, 0.717) is 0 Å². The van der Waals surface area contributed by atoms with E-state index in [4.69, 9.17) is 0 Å². The molecule has 1 aromatic rings. The summed E-state index contributed by atoms with van der Waals surface area (Å²) in [5.74, 6) is 0. The average molecular weight is 294 g/mol. The summed E-state index contributed by atoms with van der Waals surface area (Å²) < 4.78 is 1.14. The number of rotatable bonds is 2. The van der Waals surface area contributed by atoms with Gasteiger partial charge in [0.15, 0.2) is 0 Å². The second kappa shape index (κ2) is 4.88. The highest BCUT2D eigenvalue weighted by Gasteiger charge is 2.14. The van der Waals surface area contributed by atoms with Gasteiger partial charge in [0, 0.05) is 42.4 Å². The molecule has 1 saturated heterocycles. The summed E-state index contributed by atoms with van der Waals surface area (Å²) in [4.78, 5) is 7.10. The van der Waals surface area contributed by atoms with Gasteiger partial charge >= 0.3 is 0 Å². The second-order valence-electron chi connectivity index (χ2n) is 4.61. The van der Waals surface area contributed by atoms with Crippen molar-refractivity contribution in [3.63, 3.8) is 0 Å². The third kappa shape index (κ3) is 2.44. The Labute approximate surface area is 109 Å². The molecule has 1 aromatic carbocycles. The number of nitrogens with one attached hydrogen (secondary N) is 1. The molecule has 0 aliphatic carbocycles. The van der Waals surface area contributed by atoms with Crippen molar-refractivity contribution in [3.05, 3.63) is 33.2 Å². The van der Waals surface area contributed by atoms with Crippen molar-refractivity contribution in [2.45, 2.75) is 0 Å². The molecular weight excluding hydrogens is 278 g/mol. The Bertz CT molecular complexity index is 532. The van der Waals surface area contributed by atoms with Crippen molar-refractivity contribution in [1.82, 2.24) is 10.2 Å². The van der Waals surface area contributed by atoms with E-state index in [1.165, 1.54) is 10.8 Å². The van der Waals surface area contributed by atoms with Crippen LogP contribution in [0.3, 0.4) is 0 Å². The first-order valence-electron chi connectivity index (χ1n) is 6.08. The monoisotopic (exact) mass is 293 g/mol. The van der Waals surface area contributed by atoms with Crippen LogP contribution < -0.4 is 15.9 Å². The summed E-state index contributed by atoms with van der Waals surface area (Å²) in [6, 6.07) is 6.36. The van der Waals surface area contributed by atoms with E-state index >= 15 is 0 Å². The predicted molar refractivity (Wildman–Crippen MR) is 72.5 cm³/mol. The van der Waals surface area contributed by atoms with Gasteiger partial charge in [-0.15, -0.1) is 0 Å². The van der Waals surface area contributed by atoms with Crippen molar-refractivity contribution in [2.75, 3.05) is 39.3 Å². The fraction of sp³-hybridized carbons (Fsp3) is 0.462. The molecule has 2 aliphatic heterocycles. The molecule has 0 aromatic heterocycles. The Kier molecular flexibility index (Phi) is 3.27. The van der Waals surface area contributed by atoms with Crippen LogP contribution in [0, 0.1) is 0 Å². The van der Waals surface area contributed by atoms with Crippen LogP contribution in [0.2, 0.25) is 0 Å². The lowest BCUT2D eigenvalue weighted by molar-refractivity contribution is 0.267. The van der Waals surface area contributed by atoms with Gasteiger partial charge in [-0.1, -0.05) is 15.9 Å². The third-order valence-electron chi connectivity index (χ3n) is 3.40. The first-order chi connectivity index (χ1) is 8.33. The summed E-state index contributed by atoms with van der Waals surface area (Å²) in [6.45, 7) is 6.44. The molecule has 0 amide bonds. The summed E-state index contributed by atoms with van der Waals surface area (Å²) >= 11 is 3.54. The van der Waals surface area contributed by atoms with Gasteiger partial charge in [-0.2, -0.15) is 0 Å². The first-order valence-corrected chi connectivity index (χ1v) is 6.87. The molecule has 0 saturated carbocycles. The molecule has 0 spiro atoms. The molecule has 3 rings (SSSR count). The van der Waals surface area contributed by atoms with Crippen LogP contribution >= 0.6 is 15.9 Å². The minimum Gasteiger partial charge on any atom is -0.314 e. The molecule has 4 heteroatoms. The van der Waals surface area contributed by atoms with Crippen LogP contribution in [-0.2, 0) is 0 Å². The van der Waals surface area contributed by atoms with Gasteiger partial charge in [0.25, 0.3) is 0 Å². The smallest absolute Gasteiger partial charge is 0.0652 e. The molecule has 1 fully saturated rings. The summed E-state index contributed by atoms with van der Waals surface area (Å²) in [5.41, 5.74) is 1.46. The van der Waals surface area contributed by atoms with Crippen LogP contribution in [0.1, 0.15) is 0 Å². The van der Waals surface area contributed by atoms with Crippen LogP contribution in [-0.4, -0.2) is 44.2 Å². The molecule has 0 bridgehead atoms. The maximum absolute atomic E-state index is 4.59. The number of hydrogen-bond acceptors (Lipinski definition) is 3. The fourth-order valence-corrected chi connectivity index (χ4v) is 2.83. The fourth-order valence-electron chi connectivity index (χ4n) is 2.47. The number of halogens is 1. The maximum atomic E-state index is 4.59. The van der Waals surface area contributed by atoms with Gasteiger partial charge in [-0.25, -0.2) is 0 Å². The standard InChI is InChI=1S/C13H16BrN3/c14-11-1-2-13-12(7-11)10(8-16-13)9-17-5-3-15-4-6-17/h1-2,7,15H,3-6,8-9H2. The number of nitrogens with zero attached hydrogens (tertiary/aromatic N) is 2. The summed E-state index contributed by atoms with van der Waals surface area (Å²) in [7, 11) is 0. The normalized spacial score (nSPS) is 20.2. The third-order valence-corrected chi connectivity index (χ3v) is 3.90. The molecule has 17 heavy (non-hydrogen) atoms. The minimum absolute atomic E-state index is 0.871. The highest BCUT2D eigenvalue weighted by Crippen LogP contribution is 2.07. The highest BCUT2D eigenvalue weighted by atomic mass is 79.9. The Morgan fingerprint density at radius 2 is 2.12 bits per heavy atom. The highest BCUT2D eigenvalue weighted by molar-refractivity contribution is 9.10. The zero-order chi connectivity index (χ0) is 11.7. The first kappa shape index (κ1) is 11.4. The van der Waals surface area contributed by atoms with Gasteiger partial charge < -0.3 is 5.32 Å². The van der Waals surface area contributed by atoms with Crippen LogP contribution in [0.15, 0.2) is 27.7 Å². The van der Waals surface area contributed by atoms with Gasteiger partial charge in [0.1, 0.15) is 0 Å². The topological polar surface area (TPSA) is 27.6 Å². The van der Waals surface area contributed by atoms with Gasteiger partial charge in [0.05, 0.1) is 11.9 Å². The van der Waals surface area contributed by atoms with Crippen LogP contribution in [0.5, 0.6) is 0 Å². The van der Waals surface area contributed by atoms with Gasteiger partial charge in [0.2, 0.25) is 0 Å². The van der Waals surface area contributed by atoms with E-state index in [1.807, 2.05) is 0 Å². The van der Waals surface area contributed by atoms with Crippen molar-refractivity contribution < 1.29 is 0 Å². The molecule has 1 N–H and O–H groups in total. The lowest BCUT2D eigenvalue weighted by Crippen LogP contribution is -2.44. The van der Waals surface area contributed by atoms with E-state index in [-0.39, 0.29) is 0 Å². The predicted octanol–water partition coefficient (Wildman–Crippen LogP) is 0.138. The van der Waals surface area contributed by atoms with Crippen LogP contribution in [0.25, 0.3) is 5.57 Å². The molecular formula is C13H16BrN3. The second-order valence-corrected chi connectivity index (χ2v) is 5.52. The summed E-state index contributed by atoms with van der Waals surface area (Å²) in [5, 5.41) is 5.87. The number of fused-ring (bicyclic) bond motifs is 1. The largest absolute Gasteiger partial charge is 0.314 e. The lowest BCUT2D eigenvalue weighted by Gasteiger charge is -2.27. The molecule has 0 unspecified atom stereocenters. The molecule has 90 valence electrons. The Hall–Kier alpha value is -0.710. The van der Waals surface area contributed by atoms with E-state index in [9.17, 15) is 0 Å². The molecule has 3 nitrogen and oxygen atoms in total.